The summed E-state index contributed by atoms with van der Waals surface area (Å²) >= 11 is 0. The van der Waals surface area contributed by atoms with Crippen molar-refractivity contribution >= 4 is 5.69 Å². The van der Waals surface area contributed by atoms with Crippen molar-refractivity contribution in [3.8, 4) is 0 Å². The molecule has 0 spiro atoms. The molecule has 0 saturated heterocycles. The van der Waals surface area contributed by atoms with Crippen LogP contribution in [0.2, 0.25) is 0 Å². The molecule has 0 radical (unpaired) electrons. The second-order valence-corrected chi connectivity index (χ2v) is 5.54. The fourth-order valence-electron chi connectivity index (χ4n) is 2.63. The van der Waals surface area contributed by atoms with E-state index in [1.807, 2.05) is 0 Å². The number of aryl methyl sites for hydroxylation is 2. The second kappa shape index (κ2) is 6.58. The zero-order chi connectivity index (χ0) is 14.5. The number of rotatable bonds is 5. The SMILES string of the molecule is Cc1cc(C)cc(N(C)C(CN)Cc2ccccc2)c1. The first-order valence-electron chi connectivity index (χ1n) is 7.15. The fourth-order valence-corrected chi connectivity index (χ4v) is 2.63. The Morgan fingerprint density at radius 1 is 1.00 bits per heavy atom. The van der Waals surface area contributed by atoms with Crippen molar-refractivity contribution in [1.82, 2.24) is 0 Å². The average Bonchev–Trinajstić information content (AvgIpc) is 2.44. The van der Waals surface area contributed by atoms with Gasteiger partial charge in [0, 0.05) is 25.3 Å². The molecular formula is C18H24N2. The molecule has 0 aliphatic heterocycles. The van der Waals surface area contributed by atoms with E-state index >= 15 is 0 Å². The van der Waals surface area contributed by atoms with Crippen LogP contribution in [0.5, 0.6) is 0 Å². The fraction of sp³-hybridized carbons (Fsp3) is 0.333. The molecule has 2 N–H and O–H groups in total. The van der Waals surface area contributed by atoms with Crippen LogP contribution in [0.3, 0.4) is 0 Å². The van der Waals surface area contributed by atoms with Gasteiger partial charge in [0.05, 0.1) is 0 Å². The van der Waals surface area contributed by atoms with Crippen molar-refractivity contribution in [1.29, 1.82) is 0 Å². The molecule has 0 aliphatic rings. The number of hydrogen-bond donors (Lipinski definition) is 1. The van der Waals surface area contributed by atoms with Crippen LogP contribution in [0, 0.1) is 13.8 Å². The lowest BCUT2D eigenvalue weighted by Crippen LogP contribution is -2.39. The molecule has 0 fully saturated rings. The third-order valence-electron chi connectivity index (χ3n) is 3.75. The maximum Gasteiger partial charge on any atom is 0.0449 e. The van der Waals surface area contributed by atoms with Gasteiger partial charge in [0.25, 0.3) is 0 Å². The maximum atomic E-state index is 5.99. The first-order valence-corrected chi connectivity index (χ1v) is 7.15. The Morgan fingerprint density at radius 2 is 1.60 bits per heavy atom. The van der Waals surface area contributed by atoms with Gasteiger partial charge in [-0.3, -0.25) is 0 Å². The number of nitrogens with zero attached hydrogens (tertiary/aromatic N) is 1. The Kier molecular flexibility index (Phi) is 4.80. The predicted octanol–water partition coefficient (Wildman–Crippen LogP) is 3.31. The topological polar surface area (TPSA) is 29.3 Å². The second-order valence-electron chi connectivity index (χ2n) is 5.54. The Hall–Kier alpha value is -1.80. The van der Waals surface area contributed by atoms with Gasteiger partial charge in [0.15, 0.2) is 0 Å². The van der Waals surface area contributed by atoms with Crippen molar-refractivity contribution in [2.75, 3.05) is 18.5 Å². The van der Waals surface area contributed by atoms with Crippen molar-refractivity contribution in [3.63, 3.8) is 0 Å². The Balaban J connectivity index is 2.18. The Labute approximate surface area is 122 Å². The predicted molar refractivity (Wildman–Crippen MR) is 87.3 cm³/mol. The summed E-state index contributed by atoms with van der Waals surface area (Å²) in [6.07, 6.45) is 0.973. The van der Waals surface area contributed by atoms with E-state index in [4.69, 9.17) is 5.73 Å². The molecule has 2 heteroatoms. The van der Waals surface area contributed by atoms with Gasteiger partial charge >= 0.3 is 0 Å². The maximum absolute atomic E-state index is 5.99. The molecule has 0 heterocycles. The van der Waals surface area contributed by atoms with E-state index in [0.717, 1.165) is 6.42 Å². The molecule has 0 saturated carbocycles. The van der Waals surface area contributed by atoms with Gasteiger partial charge in [0.1, 0.15) is 0 Å². The van der Waals surface area contributed by atoms with Crippen LogP contribution in [0.25, 0.3) is 0 Å². The normalized spacial score (nSPS) is 12.2. The number of nitrogens with two attached hydrogens (primary N) is 1. The third-order valence-corrected chi connectivity index (χ3v) is 3.75. The molecule has 1 atom stereocenters. The summed E-state index contributed by atoms with van der Waals surface area (Å²) in [6.45, 7) is 4.93. The van der Waals surface area contributed by atoms with Crippen LogP contribution in [-0.4, -0.2) is 19.6 Å². The van der Waals surface area contributed by atoms with Crippen LogP contribution in [0.4, 0.5) is 5.69 Å². The molecular weight excluding hydrogens is 244 g/mol. The van der Waals surface area contributed by atoms with E-state index in [-0.39, 0.29) is 0 Å². The zero-order valence-corrected chi connectivity index (χ0v) is 12.6. The molecule has 0 bridgehead atoms. The smallest absolute Gasteiger partial charge is 0.0449 e. The van der Waals surface area contributed by atoms with E-state index in [0.29, 0.717) is 12.6 Å². The molecule has 2 rings (SSSR count). The summed E-state index contributed by atoms with van der Waals surface area (Å²) in [4.78, 5) is 2.30. The van der Waals surface area contributed by atoms with E-state index < -0.39 is 0 Å². The highest BCUT2D eigenvalue weighted by atomic mass is 15.1. The van der Waals surface area contributed by atoms with Gasteiger partial charge in [-0.25, -0.2) is 0 Å². The Bertz CT molecular complexity index is 528. The standard InChI is InChI=1S/C18H24N2/c1-14-9-15(2)11-17(10-14)20(3)18(13-19)12-16-7-5-4-6-8-16/h4-11,18H,12-13,19H2,1-3H3. The molecule has 2 aromatic carbocycles. The van der Waals surface area contributed by atoms with E-state index in [1.54, 1.807) is 0 Å². The van der Waals surface area contributed by atoms with E-state index in [2.05, 4.69) is 74.3 Å². The lowest BCUT2D eigenvalue weighted by molar-refractivity contribution is 0.634. The van der Waals surface area contributed by atoms with Gasteiger partial charge in [-0.2, -0.15) is 0 Å². The molecule has 2 nitrogen and oxygen atoms in total. The van der Waals surface area contributed by atoms with Crippen LogP contribution >= 0.6 is 0 Å². The first-order chi connectivity index (χ1) is 9.60. The minimum Gasteiger partial charge on any atom is -0.370 e. The quantitative estimate of drug-likeness (QED) is 0.901. The zero-order valence-electron chi connectivity index (χ0n) is 12.6. The van der Waals surface area contributed by atoms with Crippen molar-refractivity contribution in [2.45, 2.75) is 26.3 Å². The number of benzene rings is 2. The Morgan fingerprint density at radius 3 is 2.15 bits per heavy atom. The minimum atomic E-state index is 0.318. The summed E-state index contributed by atoms with van der Waals surface area (Å²) in [5.74, 6) is 0. The summed E-state index contributed by atoms with van der Waals surface area (Å²) in [7, 11) is 2.13. The van der Waals surface area contributed by atoms with Gasteiger partial charge in [-0.1, -0.05) is 36.4 Å². The molecule has 2 aromatic rings. The lowest BCUT2D eigenvalue weighted by atomic mass is 10.0. The summed E-state index contributed by atoms with van der Waals surface area (Å²) < 4.78 is 0. The molecule has 0 amide bonds. The van der Waals surface area contributed by atoms with Crippen molar-refractivity contribution in [2.24, 2.45) is 5.73 Å². The van der Waals surface area contributed by atoms with Gasteiger partial charge in [-0.05, 0) is 49.1 Å². The van der Waals surface area contributed by atoms with Crippen LogP contribution < -0.4 is 10.6 Å². The first kappa shape index (κ1) is 14.6. The summed E-state index contributed by atoms with van der Waals surface area (Å²) in [5, 5.41) is 0. The lowest BCUT2D eigenvalue weighted by Gasteiger charge is -2.30. The van der Waals surface area contributed by atoms with Crippen LogP contribution in [0.1, 0.15) is 16.7 Å². The van der Waals surface area contributed by atoms with E-state index in [9.17, 15) is 0 Å². The largest absolute Gasteiger partial charge is 0.370 e. The minimum absolute atomic E-state index is 0.318. The summed E-state index contributed by atoms with van der Waals surface area (Å²) in [6, 6.07) is 17.5. The van der Waals surface area contributed by atoms with Crippen molar-refractivity contribution < 1.29 is 0 Å². The highest BCUT2D eigenvalue weighted by Crippen LogP contribution is 2.20. The molecule has 106 valence electrons. The highest BCUT2D eigenvalue weighted by molar-refractivity contribution is 5.51. The van der Waals surface area contributed by atoms with Crippen LogP contribution in [0.15, 0.2) is 48.5 Å². The third kappa shape index (κ3) is 3.61. The molecule has 20 heavy (non-hydrogen) atoms. The molecule has 0 aromatic heterocycles. The number of anilines is 1. The summed E-state index contributed by atoms with van der Waals surface area (Å²) in [5.41, 5.74) is 11.2. The highest BCUT2D eigenvalue weighted by Gasteiger charge is 2.14. The molecule has 1 unspecified atom stereocenters. The van der Waals surface area contributed by atoms with Crippen molar-refractivity contribution in [3.05, 3.63) is 65.2 Å². The average molecular weight is 268 g/mol. The van der Waals surface area contributed by atoms with Crippen LogP contribution in [-0.2, 0) is 6.42 Å². The molecule has 0 aliphatic carbocycles. The number of hydrogen-bond acceptors (Lipinski definition) is 2. The van der Waals surface area contributed by atoms with Gasteiger partial charge < -0.3 is 10.6 Å². The van der Waals surface area contributed by atoms with Gasteiger partial charge in [0.2, 0.25) is 0 Å². The van der Waals surface area contributed by atoms with E-state index in [1.165, 1.54) is 22.4 Å². The monoisotopic (exact) mass is 268 g/mol. The number of likely N-dealkylation sites (N-methyl/N-ethyl adjacent to an activating group) is 1. The van der Waals surface area contributed by atoms with Gasteiger partial charge in [-0.15, -0.1) is 0 Å².